The molecule has 0 radical (unpaired) electrons. The highest BCUT2D eigenvalue weighted by Gasteiger charge is 2.30. The van der Waals surface area contributed by atoms with Crippen molar-refractivity contribution < 1.29 is 13.2 Å². The number of halogens is 1. The largest absolute Gasteiger partial charge is 0.497 e. The monoisotopic (exact) mass is 458 g/mol. The van der Waals surface area contributed by atoms with Crippen molar-refractivity contribution in [3.8, 4) is 17.0 Å². The normalized spacial score (nSPS) is 15.1. The molecule has 2 aromatic carbocycles. The number of benzene rings is 2. The second kappa shape index (κ2) is 8.82. The highest BCUT2D eigenvalue weighted by molar-refractivity contribution is 7.89. The maximum absolute atomic E-state index is 13.1. The van der Waals surface area contributed by atoms with Crippen LogP contribution in [0.25, 0.3) is 11.3 Å². The minimum absolute atomic E-state index is 0.261. The minimum atomic E-state index is -3.60. The van der Waals surface area contributed by atoms with Crippen molar-refractivity contribution in [3.63, 3.8) is 0 Å². The minimum Gasteiger partial charge on any atom is -0.497 e. The van der Waals surface area contributed by atoms with E-state index in [4.69, 9.17) is 16.3 Å². The summed E-state index contributed by atoms with van der Waals surface area (Å²) in [5.41, 5.74) is 2.34. The average Bonchev–Trinajstić information content (AvgIpc) is 2.81. The second-order valence-corrected chi connectivity index (χ2v) is 9.56. The van der Waals surface area contributed by atoms with Crippen LogP contribution in [0.4, 0.5) is 5.82 Å². The maximum Gasteiger partial charge on any atom is 0.243 e. The Labute approximate surface area is 187 Å². The van der Waals surface area contributed by atoms with E-state index in [1.165, 1.54) is 10.6 Å². The van der Waals surface area contributed by atoms with Crippen LogP contribution in [-0.2, 0) is 10.0 Å². The molecule has 162 valence electrons. The number of hydrogen-bond acceptors (Lipinski definition) is 6. The van der Waals surface area contributed by atoms with E-state index in [0.717, 1.165) is 22.8 Å². The van der Waals surface area contributed by atoms with Crippen molar-refractivity contribution in [2.24, 2.45) is 0 Å². The molecule has 0 atom stereocenters. The number of methoxy groups -OCH3 is 1. The van der Waals surface area contributed by atoms with Crippen LogP contribution in [0.5, 0.6) is 5.75 Å². The molecule has 31 heavy (non-hydrogen) atoms. The fourth-order valence-electron chi connectivity index (χ4n) is 3.60. The van der Waals surface area contributed by atoms with E-state index in [0.29, 0.717) is 36.8 Å². The summed E-state index contributed by atoms with van der Waals surface area (Å²) >= 11 is 6.13. The third kappa shape index (κ3) is 4.37. The van der Waals surface area contributed by atoms with E-state index in [9.17, 15) is 8.42 Å². The topological polar surface area (TPSA) is 75.6 Å². The van der Waals surface area contributed by atoms with Gasteiger partial charge in [0.1, 0.15) is 17.9 Å². The van der Waals surface area contributed by atoms with Crippen molar-refractivity contribution >= 4 is 27.4 Å². The molecule has 0 saturated carbocycles. The highest BCUT2D eigenvalue weighted by Crippen LogP contribution is 2.28. The summed E-state index contributed by atoms with van der Waals surface area (Å²) in [6, 6.07) is 14.6. The maximum atomic E-state index is 13.1. The van der Waals surface area contributed by atoms with E-state index in [-0.39, 0.29) is 4.90 Å². The molecule has 9 heteroatoms. The lowest BCUT2D eigenvalue weighted by Crippen LogP contribution is -2.49. The fraction of sp³-hybridized carbons (Fsp3) is 0.273. The number of hydrogen-bond donors (Lipinski definition) is 0. The predicted octanol–water partition coefficient (Wildman–Crippen LogP) is 3.62. The van der Waals surface area contributed by atoms with Gasteiger partial charge >= 0.3 is 0 Å². The van der Waals surface area contributed by atoms with Gasteiger partial charge in [-0.2, -0.15) is 4.31 Å². The molecule has 0 N–H and O–H groups in total. The van der Waals surface area contributed by atoms with Gasteiger partial charge in [0, 0.05) is 42.8 Å². The lowest BCUT2D eigenvalue weighted by atomic mass is 10.1. The van der Waals surface area contributed by atoms with Crippen molar-refractivity contribution in [1.82, 2.24) is 14.3 Å². The number of ether oxygens (including phenoxy) is 1. The number of piperazine rings is 1. The molecule has 1 aliphatic heterocycles. The molecule has 1 aromatic heterocycles. The van der Waals surface area contributed by atoms with Crippen LogP contribution in [0.15, 0.2) is 59.8 Å². The van der Waals surface area contributed by atoms with Gasteiger partial charge in [0.05, 0.1) is 17.7 Å². The van der Waals surface area contributed by atoms with Crippen LogP contribution < -0.4 is 9.64 Å². The van der Waals surface area contributed by atoms with Gasteiger partial charge in [-0.1, -0.05) is 17.7 Å². The Kier molecular flexibility index (Phi) is 6.13. The van der Waals surface area contributed by atoms with Crippen LogP contribution in [0.3, 0.4) is 0 Å². The van der Waals surface area contributed by atoms with E-state index >= 15 is 0 Å². The SMILES string of the molecule is COc1ccc(-c2cc(N3CCN(S(=O)(=O)c4cccc(Cl)c4C)CC3)ncn2)cc1. The van der Waals surface area contributed by atoms with Gasteiger partial charge < -0.3 is 9.64 Å². The lowest BCUT2D eigenvalue weighted by Gasteiger charge is -2.35. The Hall–Kier alpha value is -2.68. The van der Waals surface area contributed by atoms with Gasteiger partial charge in [0.25, 0.3) is 0 Å². The molecule has 1 fully saturated rings. The molecule has 1 saturated heterocycles. The Morgan fingerprint density at radius 2 is 1.71 bits per heavy atom. The number of sulfonamides is 1. The molecule has 0 aliphatic carbocycles. The summed E-state index contributed by atoms with van der Waals surface area (Å²) in [6.45, 7) is 3.55. The smallest absolute Gasteiger partial charge is 0.243 e. The quantitative estimate of drug-likeness (QED) is 0.581. The number of nitrogens with zero attached hydrogens (tertiary/aromatic N) is 4. The molecule has 1 aliphatic rings. The number of rotatable bonds is 5. The Bertz CT molecular complexity index is 1180. The zero-order chi connectivity index (χ0) is 22.0. The molecular weight excluding hydrogens is 436 g/mol. The van der Waals surface area contributed by atoms with Gasteiger partial charge in [-0.25, -0.2) is 18.4 Å². The summed E-state index contributed by atoms with van der Waals surface area (Å²) in [5.74, 6) is 1.56. The molecule has 0 amide bonds. The van der Waals surface area contributed by atoms with Crippen LogP contribution >= 0.6 is 11.6 Å². The van der Waals surface area contributed by atoms with E-state index < -0.39 is 10.0 Å². The molecule has 3 aromatic rings. The van der Waals surface area contributed by atoms with Gasteiger partial charge in [0.2, 0.25) is 10.0 Å². The molecular formula is C22H23ClN4O3S. The first kappa shape index (κ1) is 21.5. The molecule has 4 rings (SSSR count). The Balaban J connectivity index is 1.49. The summed E-state index contributed by atoms with van der Waals surface area (Å²) in [7, 11) is -1.97. The molecule has 2 heterocycles. The lowest BCUT2D eigenvalue weighted by molar-refractivity contribution is 0.383. The summed E-state index contributed by atoms with van der Waals surface area (Å²) in [4.78, 5) is 11.1. The Morgan fingerprint density at radius 3 is 2.39 bits per heavy atom. The zero-order valence-electron chi connectivity index (χ0n) is 17.3. The predicted molar refractivity (Wildman–Crippen MR) is 121 cm³/mol. The van der Waals surface area contributed by atoms with Gasteiger partial charge in [0.15, 0.2) is 0 Å². The third-order valence-corrected chi connectivity index (χ3v) is 7.89. The van der Waals surface area contributed by atoms with Crippen LogP contribution in [0, 0.1) is 6.92 Å². The van der Waals surface area contributed by atoms with E-state index in [1.54, 1.807) is 32.2 Å². The average molecular weight is 459 g/mol. The van der Waals surface area contributed by atoms with Crippen LogP contribution in [-0.4, -0.2) is 56.0 Å². The van der Waals surface area contributed by atoms with Gasteiger partial charge in [-0.15, -0.1) is 0 Å². The first-order chi connectivity index (χ1) is 14.9. The highest BCUT2D eigenvalue weighted by atomic mass is 35.5. The van der Waals surface area contributed by atoms with E-state index in [1.807, 2.05) is 30.3 Å². The first-order valence-corrected chi connectivity index (χ1v) is 11.7. The fourth-order valence-corrected chi connectivity index (χ4v) is 5.50. The van der Waals surface area contributed by atoms with Crippen molar-refractivity contribution in [2.75, 3.05) is 38.2 Å². The van der Waals surface area contributed by atoms with Gasteiger partial charge in [-0.05, 0) is 48.9 Å². The Morgan fingerprint density at radius 1 is 1.00 bits per heavy atom. The third-order valence-electron chi connectivity index (χ3n) is 5.44. The van der Waals surface area contributed by atoms with E-state index in [2.05, 4.69) is 14.9 Å². The first-order valence-electron chi connectivity index (χ1n) is 9.87. The standard InChI is InChI=1S/C22H23ClN4O3S/c1-16-19(23)4-3-5-21(16)31(28,29)27-12-10-26(11-13-27)22-14-20(24-15-25-22)17-6-8-18(30-2)9-7-17/h3-9,14-15H,10-13H2,1-2H3. The summed E-state index contributed by atoms with van der Waals surface area (Å²) in [5, 5.41) is 0.451. The molecule has 0 spiro atoms. The van der Waals surface area contributed by atoms with Crippen molar-refractivity contribution in [1.29, 1.82) is 0 Å². The van der Waals surface area contributed by atoms with Crippen molar-refractivity contribution in [2.45, 2.75) is 11.8 Å². The van der Waals surface area contributed by atoms with Gasteiger partial charge in [-0.3, -0.25) is 0 Å². The summed E-state index contributed by atoms with van der Waals surface area (Å²) < 4.78 is 32.9. The summed E-state index contributed by atoms with van der Waals surface area (Å²) in [6.07, 6.45) is 1.54. The second-order valence-electron chi connectivity index (χ2n) is 7.24. The molecule has 0 unspecified atom stereocenters. The zero-order valence-corrected chi connectivity index (χ0v) is 18.9. The van der Waals surface area contributed by atoms with Crippen molar-refractivity contribution in [3.05, 3.63) is 65.4 Å². The number of anilines is 1. The molecule has 0 bridgehead atoms. The molecule has 7 nitrogen and oxygen atoms in total. The van der Waals surface area contributed by atoms with Crippen LogP contribution in [0.1, 0.15) is 5.56 Å². The number of aromatic nitrogens is 2. The van der Waals surface area contributed by atoms with Crippen LogP contribution in [0.2, 0.25) is 5.02 Å².